The third kappa shape index (κ3) is 3.98. The summed E-state index contributed by atoms with van der Waals surface area (Å²) in [6.45, 7) is 1.09. The molecule has 0 aliphatic rings. The molecule has 0 unspecified atom stereocenters. The number of nitrogens with two attached hydrogens (primary N) is 1. The maximum Gasteiger partial charge on any atom is 0.319 e. The van der Waals surface area contributed by atoms with Gasteiger partial charge < -0.3 is 16.4 Å². The summed E-state index contributed by atoms with van der Waals surface area (Å²) in [5.74, 6) is 0. The lowest BCUT2D eigenvalue weighted by atomic mass is 10.2. The van der Waals surface area contributed by atoms with Crippen molar-refractivity contribution in [3.63, 3.8) is 0 Å². The molecule has 0 atom stereocenters. The van der Waals surface area contributed by atoms with Gasteiger partial charge in [-0.05, 0) is 31.2 Å². The normalized spacial score (nSPS) is 9.25. The largest absolute Gasteiger partial charge is 0.338 e. The van der Waals surface area contributed by atoms with Gasteiger partial charge in [-0.15, -0.1) is 0 Å². The van der Waals surface area contributed by atoms with Crippen LogP contribution in [0.2, 0.25) is 0 Å². The van der Waals surface area contributed by atoms with E-state index in [-0.39, 0.29) is 6.03 Å². The summed E-state index contributed by atoms with van der Waals surface area (Å²) in [4.78, 5) is 11.3. The standard InChI is InChI=1S/C11H14N4O/c12-5-2-6-14-11(16)15-10-4-1-3-9(7-10)8-13/h1,3-4,7H,2,5-6,12H2,(H2,14,15,16). The summed E-state index contributed by atoms with van der Waals surface area (Å²) < 4.78 is 0. The fourth-order valence-electron chi connectivity index (χ4n) is 1.15. The molecule has 0 spiro atoms. The molecule has 2 amide bonds. The van der Waals surface area contributed by atoms with E-state index in [1.807, 2.05) is 6.07 Å². The number of carbonyl (C=O) groups is 1. The Morgan fingerprint density at radius 2 is 2.31 bits per heavy atom. The number of anilines is 1. The van der Waals surface area contributed by atoms with Crippen molar-refractivity contribution in [1.82, 2.24) is 5.32 Å². The van der Waals surface area contributed by atoms with Crippen LogP contribution in [0.15, 0.2) is 24.3 Å². The summed E-state index contributed by atoms with van der Waals surface area (Å²) in [7, 11) is 0. The van der Waals surface area contributed by atoms with E-state index < -0.39 is 0 Å². The number of benzene rings is 1. The zero-order valence-corrected chi connectivity index (χ0v) is 8.86. The first-order chi connectivity index (χ1) is 7.76. The number of hydrogen-bond acceptors (Lipinski definition) is 3. The summed E-state index contributed by atoms with van der Waals surface area (Å²) >= 11 is 0. The Morgan fingerprint density at radius 3 is 3.00 bits per heavy atom. The molecular formula is C11H14N4O. The fourth-order valence-corrected chi connectivity index (χ4v) is 1.15. The van der Waals surface area contributed by atoms with Gasteiger partial charge in [-0.3, -0.25) is 0 Å². The van der Waals surface area contributed by atoms with Crippen molar-refractivity contribution < 1.29 is 4.79 Å². The first-order valence-corrected chi connectivity index (χ1v) is 5.01. The Balaban J connectivity index is 2.47. The second-order valence-corrected chi connectivity index (χ2v) is 3.22. The highest BCUT2D eigenvalue weighted by molar-refractivity contribution is 5.89. The summed E-state index contributed by atoms with van der Waals surface area (Å²) in [5.41, 5.74) is 6.41. The predicted molar refractivity (Wildman–Crippen MR) is 61.8 cm³/mol. The zero-order chi connectivity index (χ0) is 11.8. The monoisotopic (exact) mass is 218 g/mol. The lowest BCUT2D eigenvalue weighted by Crippen LogP contribution is -2.30. The van der Waals surface area contributed by atoms with Crippen molar-refractivity contribution in [2.75, 3.05) is 18.4 Å². The number of nitriles is 1. The number of nitrogens with one attached hydrogen (secondary N) is 2. The molecule has 0 heterocycles. The summed E-state index contributed by atoms with van der Waals surface area (Å²) in [5, 5.41) is 14.0. The van der Waals surface area contributed by atoms with Crippen LogP contribution in [-0.4, -0.2) is 19.1 Å². The van der Waals surface area contributed by atoms with Crippen LogP contribution in [0, 0.1) is 11.3 Å². The molecule has 0 aliphatic carbocycles. The van der Waals surface area contributed by atoms with Gasteiger partial charge in [0.1, 0.15) is 0 Å². The van der Waals surface area contributed by atoms with Gasteiger partial charge in [0.15, 0.2) is 0 Å². The van der Waals surface area contributed by atoms with Crippen molar-refractivity contribution in [3.8, 4) is 6.07 Å². The van der Waals surface area contributed by atoms with Crippen LogP contribution >= 0.6 is 0 Å². The van der Waals surface area contributed by atoms with Gasteiger partial charge >= 0.3 is 6.03 Å². The molecular weight excluding hydrogens is 204 g/mol. The lowest BCUT2D eigenvalue weighted by molar-refractivity contribution is 0.252. The van der Waals surface area contributed by atoms with Crippen LogP contribution in [0.1, 0.15) is 12.0 Å². The van der Waals surface area contributed by atoms with E-state index in [0.29, 0.717) is 24.3 Å². The molecule has 0 aromatic heterocycles. The van der Waals surface area contributed by atoms with Gasteiger partial charge in [-0.25, -0.2) is 4.79 Å². The van der Waals surface area contributed by atoms with Crippen LogP contribution in [0.3, 0.4) is 0 Å². The number of nitrogens with zero attached hydrogens (tertiary/aromatic N) is 1. The van der Waals surface area contributed by atoms with Gasteiger partial charge in [0.05, 0.1) is 11.6 Å². The van der Waals surface area contributed by atoms with Gasteiger partial charge in [0.2, 0.25) is 0 Å². The van der Waals surface area contributed by atoms with Gasteiger partial charge in [-0.2, -0.15) is 5.26 Å². The summed E-state index contributed by atoms with van der Waals surface area (Å²) in [6, 6.07) is 8.45. The molecule has 0 aliphatic heterocycles. The molecule has 1 rings (SSSR count). The maximum absolute atomic E-state index is 11.3. The second kappa shape index (κ2) is 6.43. The number of amides is 2. The minimum absolute atomic E-state index is 0.288. The van der Waals surface area contributed by atoms with E-state index >= 15 is 0 Å². The number of hydrogen-bond donors (Lipinski definition) is 3. The van der Waals surface area contributed by atoms with E-state index in [4.69, 9.17) is 11.0 Å². The topological polar surface area (TPSA) is 90.9 Å². The SMILES string of the molecule is N#Cc1cccc(NC(=O)NCCCN)c1. The summed E-state index contributed by atoms with van der Waals surface area (Å²) in [6.07, 6.45) is 0.742. The van der Waals surface area contributed by atoms with Crippen LogP contribution in [-0.2, 0) is 0 Å². The number of rotatable bonds is 4. The highest BCUT2D eigenvalue weighted by atomic mass is 16.2. The van der Waals surface area contributed by atoms with Crippen molar-refractivity contribution in [1.29, 1.82) is 5.26 Å². The third-order valence-electron chi connectivity index (χ3n) is 1.92. The highest BCUT2D eigenvalue weighted by Crippen LogP contribution is 2.09. The van der Waals surface area contributed by atoms with Crippen LogP contribution in [0.4, 0.5) is 10.5 Å². The maximum atomic E-state index is 11.3. The molecule has 0 radical (unpaired) electrons. The lowest BCUT2D eigenvalue weighted by Gasteiger charge is -2.06. The molecule has 5 heteroatoms. The molecule has 1 aromatic rings. The first kappa shape index (κ1) is 12.0. The quantitative estimate of drug-likeness (QED) is 0.659. The van der Waals surface area contributed by atoms with Crippen molar-refractivity contribution in [3.05, 3.63) is 29.8 Å². The Hall–Kier alpha value is -2.06. The fraction of sp³-hybridized carbons (Fsp3) is 0.273. The Labute approximate surface area is 94.2 Å². The van der Waals surface area contributed by atoms with Gasteiger partial charge in [0.25, 0.3) is 0 Å². The number of urea groups is 1. The van der Waals surface area contributed by atoms with Crippen LogP contribution in [0.5, 0.6) is 0 Å². The number of carbonyl (C=O) groups excluding carboxylic acids is 1. The van der Waals surface area contributed by atoms with Crippen LogP contribution in [0.25, 0.3) is 0 Å². The minimum Gasteiger partial charge on any atom is -0.338 e. The van der Waals surface area contributed by atoms with E-state index in [1.165, 1.54) is 0 Å². The molecule has 84 valence electrons. The highest BCUT2D eigenvalue weighted by Gasteiger charge is 2.00. The van der Waals surface area contributed by atoms with Crippen LogP contribution < -0.4 is 16.4 Å². The van der Waals surface area contributed by atoms with Gasteiger partial charge in [0, 0.05) is 12.2 Å². The van der Waals surface area contributed by atoms with E-state index in [9.17, 15) is 4.79 Å². The third-order valence-corrected chi connectivity index (χ3v) is 1.92. The van der Waals surface area contributed by atoms with E-state index in [1.54, 1.807) is 24.3 Å². The molecule has 0 bridgehead atoms. The van der Waals surface area contributed by atoms with Gasteiger partial charge in [-0.1, -0.05) is 6.07 Å². The second-order valence-electron chi connectivity index (χ2n) is 3.22. The molecule has 16 heavy (non-hydrogen) atoms. The molecule has 0 fully saturated rings. The molecule has 5 nitrogen and oxygen atoms in total. The molecule has 1 aromatic carbocycles. The molecule has 4 N–H and O–H groups in total. The minimum atomic E-state index is -0.288. The first-order valence-electron chi connectivity index (χ1n) is 5.01. The van der Waals surface area contributed by atoms with Crippen molar-refractivity contribution in [2.45, 2.75) is 6.42 Å². The van der Waals surface area contributed by atoms with E-state index in [0.717, 1.165) is 6.42 Å². The zero-order valence-electron chi connectivity index (χ0n) is 8.86. The predicted octanol–water partition coefficient (Wildman–Crippen LogP) is 1.03. The van der Waals surface area contributed by atoms with E-state index in [2.05, 4.69) is 10.6 Å². The Kier molecular flexibility index (Phi) is 4.83. The average Bonchev–Trinajstić information content (AvgIpc) is 2.29. The average molecular weight is 218 g/mol. The smallest absolute Gasteiger partial charge is 0.319 e. The van der Waals surface area contributed by atoms with Crippen molar-refractivity contribution in [2.24, 2.45) is 5.73 Å². The Bertz CT molecular complexity index is 397. The molecule has 0 saturated carbocycles. The Morgan fingerprint density at radius 1 is 1.50 bits per heavy atom. The molecule has 0 saturated heterocycles. The van der Waals surface area contributed by atoms with Crippen molar-refractivity contribution >= 4 is 11.7 Å².